The van der Waals surface area contributed by atoms with E-state index in [1.54, 1.807) is 19.3 Å². The Morgan fingerprint density at radius 3 is 2.34 bits per heavy atom. The first-order chi connectivity index (χ1) is 18.6. The zero-order valence-corrected chi connectivity index (χ0v) is 21.9. The molecule has 2 N–H and O–H groups in total. The molecular formula is C31H36N4O3. The molecule has 0 spiro atoms. The fourth-order valence-electron chi connectivity index (χ4n) is 4.49. The smallest absolute Gasteiger partial charge is 0.253 e. The highest BCUT2D eigenvalue weighted by Crippen LogP contribution is 2.26. The van der Waals surface area contributed by atoms with Gasteiger partial charge in [0.15, 0.2) is 0 Å². The van der Waals surface area contributed by atoms with Gasteiger partial charge in [0.2, 0.25) is 5.91 Å². The molecule has 3 aromatic carbocycles. The summed E-state index contributed by atoms with van der Waals surface area (Å²) in [6, 6.07) is 25.7. The Balaban J connectivity index is 1.44. The van der Waals surface area contributed by atoms with Crippen LogP contribution in [0.2, 0.25) is 0 Å². The minimum Gasteiger partial charge on any atom is -0.385 e. The van der Waals surface area contributed by atoms with Crippen LogP contribution in [0.15, 0.2) is 84.9 Å². The fourth-order valence-corrected chi connectivity index (χ4v) is 4.49. The number of rotatable bonds is 11. The van der Waals surface area contributed by atoms with Crippen LogP contribution in [0, 0.1) is 0 Å². The van der Waals surface area contributed by atoms with E-state index in [1.165, 1.54) is 11.6 Å². The summed E-state index contributed by atoms with van der Waals surface area (Å²) in [5.74, 6) is -0.402. The lowest BCUT2D eigenvalue weighted by Crippen LogP contribution is -2.46. The van der Waals surface area contributed by atoms with Gasteiger partial charge in [-0.2, -0.15) is 0 Å². The van der Waals surface area contributed by atoms with Crippen LogP contribution in [0.5, 0.6) is 0 Å². The number of piperazine rings is 1. The maximum atomic E-state index is 13.2. The van der Waals surface area contributed by atoms with E-state index in [0.29, 0.717) is 24.4 Å². The maximum absolute atomic E-state index is 13.2. The number of anilines is 2. The van der Waals surface area contributed by atoms with Crippen LogP contribution in [0.25, 0.3) is 6.08 Å². The molecule has 1 heterocycles. The van der Waals surface area contributed by atoms with Crippen LogP contribution in [0.3, 0.4) is 0 Å². The van der Waals surface area contributed by atoms with Gasteiger partial charge in [0.1, 0.15) is 0 Å². The lowest BCUT2D eigenvalue weighted by molar-refractivity contribution is -0.111. The number of nitrogens with one attached hydrogen (secondary N) is 2. The van der Waals surface area contributed by atoms with Crippen molar-refractivity contribution >= 4 is 29.3 Å². The third-order valence-corrected chi connectivity index (χ3v) is 6.51. The largest absolute Gasteiger partial charge is 0.385 e. The Morgan fingerprint density at radius 1 is 0.921 bits per heavy atom. The summed E-state index contributed by atoms with van der Waals surface area (Å²) >= 11 is 0. The van der Waals surface area contributed by atoms with Gasteiger partial charge in [0.05, 0.1) is 5.56 Å². The van der Waals surface area contributed by atoms with Crippen LogP contribution in [0.4, 0.5) is 11.4 Å². The lowest BCUT2D eigenvalue weighted by atomic mass is 10.1. The molecule has 198 valence electrons. The second kappa shape index (κ2) is 14.1. The quantitative estimate of drug-likeness (QED) is 0.294. The van der Waals surface area contributed by atoms with E-state index in [-0.39, 0.29) is 11.8 Å². The van der Waals surface area contributed by atoms with Crippen molar-refractivity contribution in [1.29, 1.82) is 0 Å². The third kappa shape index (κ3) is 8.03. The summed E-state index contributed by atoms with van der Waals surface area (Å²) in [7, 11) is 1.65. The average Bonchev–Trinajstić information content (AvgIpc) is 2.96. The second-order valence-electron chi connectivity index (χ2n) is 9.32. The number of carbonyl (C=O) groups excluding carboxylic acids is 2. The number of nitrogens with zero attached hydrogens (tertiary/aromatic N) is 2. The Bertz CT molecular complexity index is 1210. The molecule has 7 nitrogen and oxygen atoms in total. The predicted octanol–water partition coefficient (Wildman–Crippen LogP) is 4.43. The molecule has 7 heteroatoms. The second-order valence-corrected chi connectivity index (χ2v) is 9.32. The molecular weight excluding hydrogens is 476 g/mol. The Labute approximate surface area is 225 Å². The standard InChI is InChI=1S/C31H36N4O3/c1-38-22-8-17-32-31(37)28-23-27(33-30(36)16-13-25-9-4-2-5-10-25)14-15-29(28)35-20-18-34(19-21-35)24-26-11-6-3-7-12-26/h2-7,9-16,23H,8,17-22,24H2,1H3,(H,32,37)(H,33,36)/b16-13+. The van der Waals surface area contributed by atoms with E-state index < -0.39 is 0 Å². The number of ether oxygens (including phenoxy) is 1. The van der Waals surface area contributed by atoms with Crippen molar-refractivity contribution in [2.24, 2.45) is 0 Å². The van der Waals surface area contributed by atoms with Crippen molar-refractivity contribution in [2.45, 2.75) is 13.0 Å². The zero-order valence-electron chi connectivity index (χ0n) is 21.9. The van der Waals surface area contributed by atoms with Gasteiger partial charge in [-0.05, 0) is 41.8 Å². The van der Waals surface area contributed by atoms with Crippen LogP contribution < -0.4 is 15.5 Å². The highest BCUT2D eigenvalue weighted by molar-refractivity contribution is 6.05. The number of methoxy groups -OCH3 is 1. The van der Waals surface area contributed by atoms with Crippen LogP contribution in [-0.4, -0.2) is 63.2 Å². The lowest BCUT2D eigenvalue weighted by Gasteiger charge is -2.37. The van der Waals surface area contributed by atoms with Crippen molar-refractivity contribution in [3.8, 4) is 0 Å². The summed E-state index contributed by atoms with van der Waals surface area (Å²) in [5, 5.41) is 5.90. The summed E-state index contributed by atoms with van der Waals surface area (Å²) in [6.07, 6.45) is 4.00. The van der Waals surface area contributed by atoms with E-state index in [9.17, 15) is 9.59 Å². The highest BCUT2D eigenvalue weighted by atomic mass is 16.5. The molecule has 4 rings (SSSR count). The predicted molar refractivity (Wildman–Crippen MR) is 153 cm³/mol. The molecule has 1 saturated heterocycles. The van der Waals surface area contributed by atoms with Crippen LogP contribution >= 0.6 is 0 Å². The van der Waals surface area contributed by atoms with Gasteiger partial charge in [0.25, 0.3) is 5.91 Å². The molecule has 0 unspecified atom stereocenters. The van der Waals surface area contributed by atoms with Crippen molar-refractivity contribution in [3.63, 3.8) is 0 Å². The number of hydrogen-bond donors (Lipinski definition) is 2. The molecule has 0 aromatic heterocycles. The zero-order chi connectivity index (χ0) is 26.6. The van der Waals surface area contributed by atoms with Crippen molar-refractivity contribution < 1.29 is 14.3 Å². The molecule has 0 bridgehead atoms. The van der Waals surface area contributed by atoms with Crippen LogP contribution in [0.1, 0.15) is 27.9 Å². The molecule has 0 aliphatic carbocycles. The monoisotopic (exact) mass is 512 g/mol. The number of benzene rings is 3. The fraction of sp³-hybridized carbons (Fsp3) is 0.290. The molecule has 0 radical (unpaired) electrons. The minimum absolute atomic E-state index is 0.154. The number of carbonyl (C=O) groups is 2. The number of amides is 2. The Kier molecular flexibility index (Phi) is 10.1. The van der Waals surface area contributed by atoms with Gasteiger partial charge in [-0.1, -0.05) is 60.7 Å². The molecule has 3 aromatic rings. The minimum atomic E-state index is -0.248. The number of hydrogen-bond acceptors (Lipinski definition) is 5. The molecule has 1 aliphatic heterocycles. The average molecular weight is 513 g/mol. The summed E-state index contributed by atoms with van der Waals surface area (Å²) in [6.45, 7) is 5.49. The normalized spacial score (nSPS) is 14.0. The Morgan fingerprint density at radius 2 is 1.63 bits per heavy atom. The van der Waals surface area contributed by atoms with Gasteiger partial charge in [-0.25, -0.2) is 0 Å². The van der Waals surface area contributed by atoms with E-state index in [0.717, 1.165) is 50.4 Å². The molecule has 0 saturated carbocycles. The van der Waals surface area contributed by atoms with E-state index >= 15 is 0 Å². The van der Waals surface area contributed by atoms with Gasteiger partial charge in [-0.3, -0.25) is 14.5 Å². The van der Waals surface area contributed by atoms with Crippen molar-refractivity contribution in [1.82, 2.24) is 10.2 Å². The van der Waals surface area contributed by atoms with E-state index in [1.807, 2.05) is 48.5 Å². The van der Waals surface area contributed by atoms with Gasteiger partial charge < -0.3 is 20.3 Å². The van der Waals surface area contributed by atoms with Crippen LogP contribution in [-0.2, 0) is 16.1 Å². The van der Waals surface area contributed by atoms with Gasteiger partial charge in [0, 0.05) is 70.4 Å². The van der Waals surface area contributed by atoms with E-state index in [4.69, 9.17) is 4.74 Å². The molecule has 38 heavy (non-hydrogen) atoms. The molecule has 2 amide bonds. The first-order valence-corrected chi connectivity index (χ1v) is 13.1. The van der Waals surface area contributed by atoms with Crippen molar-refractivity contribution in [2.75, 3.05) is 56.7 Å². The summed E-state index contributed by atoms with van der Waals surface area (Å²) < 4.78 is 5.10. The van der Waals surface area contributed by atoms with Crippen molar-refractivity contribution in [3.05, 3.63) is 102 Å². The topological polar surface area (TPSA) is 73.9 Å². The third-order valence-electron chi connectivity index (χ3n) is 6.51. The highest BCUT2D eigenvalue weighted by Gasteiger charge is 2.22. The summed E-state index contributed by atoms with van der Waals surface area (Å²) in [5.41, 5.74) is 4.27. The summed E-state index contributed by atoms with van der Waals surface area (Å²) in [4.78, 5) is 30.5. The molecule has 0 atom stereocenters. The SMILES string of the molecule is COCCCNC(=O)c1cc(NC(=O)/C=C/c2ccccc2)ccc1N1CCN(Cc2ccccc2)CC1. The molecule has 1 aliphatic rings. The maximum Gasteiger partial charge on any atom is 0.253 e. The Hall–Kier alpha value is -3.94. The first-order valence-electron chi connectivity index (χ1n) is 13.1. The van der Waals surface area contributed by atoms with E-state index in [2.05, 4.69) is 44.7 Å². The van der Waals surface area contributed by atoms with Gasteiger partial charge >= 0.3 is 0 Å². The first kappa shape index (κ1) is 27.1. The molecule has 1 fully saturated rings. The van der Waals surface area contributed by atoms with Gasteiger partial charge in [-0.15, -0.1) is 0 Å².